The van der Waals surface area contributed by atoms with Gasteiger partial charge >= 0.3 is 5.97 Å². The molecule has 0 aromatic heterocycles. The summed E-state index contributed by atoms with van der Waals surface area (Å²) in [6.45, 7) is 9.31. The van der Waals surface area contributed by atoms with E-state index in [0.717, 1.165) is 11.1 Å². The summed E-state index contributed by atoms with van der Waals surface area (Å²) >= 11 is 6.54. The van der Waals surface area contributed by atoms with Crippen LogP contribution in [0.4, 0.5) is 0 Å². The first-order chi connectivity index (χ1) is 16.2. The van der Waals surface area contributed by atoms with Gasteiger partial charge < -0.3 is 14.2 Å². The fourth-order valence-electron chi connectivity index (χ4n) is 3.48. The molecule has 0 radical (unpaired) electrons. The highest BCUT2D eigenvalue weighted by atomic mass is 32.2. The number of carbonyl (C=O) groups is 2. The molecule has 8 heteroatoms. The summed E-state index contributed by atoms with van der Waals surface area (Å²) in [4.78, 5) is 26.1. The Balaban J connectivity index is 1.77. The molecule has 3 rings (SSSR count). The Labute approximate surface area is 210 Å². The third-order valence-electron chi connectivity index (χ3n) is 5.54. The Kier molecular flexibility index (Phi) is 8.74. The summed E-state index contributed by atoms with van der Waals surface area (Å²) in [5.41, 5.74) is 5.61. The number of rotatable bonds is 9. The largest absolute Gasteiger partial charge is 0.490 e. The summed E-state index contributed by atoms with van der Waals surface area (Å²) < 4.78 is 17.0. The summed E-state index contributed by atoms with van der Waals surface area (Å²) in [7, 11) is 1.32. The lowest BCUT2D eigenvalue weighted by Crippen LogP contribution is -2.30. The van der Waals surface area contributed by atoms with Gasteiger partial charge in [-0.1, -0.05) is 42.2 Å². The number of methoxy groups -OCH3 is 1. The van der Waals surface area contributed by atoms with Gasteiger partial charge in [0.15, 0.2) is 11.5 Å². The van der Waals surface area contributed by atoms with Crippen LogP contribution in [0.2, 0.25) is 0 Å². The lowest BCUT2D eigenvalue weighted by atomic mass is 10.0. The van der Waals surface area contributed by atoms with Crippen LogP contribution in [-0.4, -0.2) is 41.4 Å². The molecule has 1 aliphatic heterocycles. The number of thioether (sulfide) groups is 1. The molecule has 1 aliphatic rings. The number of carbonyl (C=O) groups excluding carboxylic acids is 2. The lowest BCUT2D eigenvalue weighted by molar-refractivity contribution is -0.140. The normalized spacial score (nSPS) is 14.6. The van der Waals surface area contributed by atoms with E-state index in [4.69, 9.17) is 21.7 Å². The maximum atomic E-state index is 12.8. The van der Waals surface area contributed by atoms with Crippen LogP contribution in [0.1, 0.15) is 41.2 Å². The monoisotopic (exact) mass is 499 g/mol. The maximum absolute atomic E-state index is 12.8. The Hall–Kier alpha value is -2.84. The van der Waals surface area contributed by atoms with Crippen LogP contribution in [0.5, 0.6) is 11.5 Å². The average Bonchev–Trinajstić information content (AvgIpc) is 3.07. The standard InChI is InChI=1S/C26H29NO5S2/c1-6-31-22-13-19(14-23-25(29)27(26(33)34-23)10-9-24(28)30-5)7-8-21(22)32-15-20-12-17(3)16(2)11-18(20)4/h7-8,11-14H,6,9-10,15H2,1-5H3/b23-14+. The van der Waals surface area contributed by atoms with Gasteiger partial charge in [0.2, 0.25) is 0 Å². The second-order valence-corrected chi connectivity index (χ2v) is 9.63. The molecule has 0 saturated carbocycles. The highest BCUT2D eigenvalue weighted by molar-refractivity contribution is 8.26. The molecule has 2 aromatic carbocycles. The lowest BCUT2D eigenvalue weighted by Gasteiger charge is -2.15. The summed E-state index contributed by atoms with van der Waals surface area (Å²) in [5.74, 6) is 0.648. The first-order valence-electron chi connectivity index (χ1n) is 11.0. The Morgan fingerprint density at radius 1 is 1.06 bits per heavy atom. The van der Waals surface area contributed by atoms with Crippen molar-refractivity contribution in [3.8, 4) is 11.5 Å². The molecule has 1 saturated heterocycles. The summed E-state index contributed by atoms with van der Waals surface area (Å²) in [5, 5.41) is 0. The van der Waals surface area contributed by atoms with E-state index >= 15 is 0 Å². The number of benzene rings is 2. The van der Waals surface area contributed by atoms with Crippen molar-refractivity contribution in [1.82, 2.24) is 4.90 Å². The van der Waals surface area contributed by atoms with Gasteiger partial charge in [-0.15, -0.1) is 0 Å². The second-order valence-electron chi connectivity index (χ2n) is 7.95. The van der Waals surface area contributed by atoms with E-state index in [1.165, 1.54) is 40.5 Å². The van der Waals surface area contributed by atoms with Crippen molar-refractivity contribution in [3.63, 3.8) is 0 Å². The fraction of sp³-hybridized carbons (Fsp3) is 0.346. The third-order valence-corrected chi connectivity index (χ3v) is 6.92. The molecule has 180 valence electrons. The molecular weight excluding hydrogens is 470 g/mol. The maximum Gasteiger partial charge on any atom is 0.307 e. The Bertz CT molecular complexity index is 1140. The molecule has 0 N–H and O–H groups in total. The van der Waals surface area contributed by atoms with E-state index in [1.807, 2.05) is 25.1 Å². The predicted octanol–water partition coefficient (Wildman–Crippen LogP) is 5.35. The van der Waals surface area contributed by atoms with Crippen molar-refractivity contribution in [3.05, 3.63) is 63.1 Å². The van der Waals surface area contributed by atoms with Crippen LogP contribution < -0.4 is 9.47 Å². The molecule has 2 aromatic rings. The number of aryl methyl sites for hydroxylation is 3. The van der Waals surface area contributed by atoms with E-state index < -0.39 is 0 Å². The van der Waals surface area contributed by atoms with E-state index in [2.05, 4.69) is 37.6 Å². The Morgan fingerprint density at radius 3 is 2.50 bits per heavy atom. The van der Waals surface area contributed by atoms with Gasteiger partial charge in [-0.3, -0.25) is 14.5 Å². The zero-order chi connectivity index (χ0) is 24.8. The van der Waals surface area contributed by atoms with Crippen LogP contribution >= 0.6 is 24.0 Å². The highest BCUT2D eigenvalue weighted by Crippen LogP contribution is 2.35. The van der Waals surface area contributed by atoms with Gasteiger partial charge in [0.05, 0.1) is 25.0 Å². The van der Waals surface area contributed by atoms with Crippen molar-refractivity contribution in [2.45, 2.75) is 40.7 Å². The molecule has 1 fully saturated rings. The molecule has 6 nitrogen and oxygen atoms in total. The number of ether oxygens (including phenoxy) is 3. The van der Waals surface area contributed by atoms with Crippen LogP contribution in [-0.2, 0) is 20.9 Å². The van der Waals surface area contributed by atoms with Gasteiger partial charge in [-0.2, -0.15) is 0 Å². The average molecular weight is 500 g/mol. The minimum absolute atomic E-state index is 0.0940. The topological polar surface area (TPSA) is 65.1 Å². The van der Waals surface area contributed by atoms with Gasteiger partial charge in [0.1, 0.15) is 10.9 Å². The number of thiocarbonyl (C=S) groups is 1. The van der Waals surface area contributed by atoms with E-state index in [0.29, 0.717) is 33.9 Å². The smallest absolute Gasteiger partial charge is 0.307 e. The molecule has 0 spiro atoms. The third kappa shape index (κ3) is 6.18. The molecule has 0 bridgehead atoms. The minimum atomic E-state index is -0.383. The molecule has 1 heterocycles. The van der Waals surface area contributed by atoms with Crippen molar-refractivity contribution in [1.29, 1.82) is 0 Å². The zero-order valence-electron chi connectivity index (χ0n) is 20.1. The number of amides is 1. The molecule has 0 unspecified atom stereocenters. The van der Waals surface area contributed by atoms with Crippen molar-refractivity contribution in [2.24, 2.45) is 0 Å². The fourth-order valence-corrected chi connectivity index (χ4v) is 4.79. The van der Waals surface area contributed by atoms with Crippen molar-refractivity contribution in [2.75, 3.05) is 20.3 Å². The van der Waals surface area contributed by atoms with Crippen LogP contribution in [0.25, 0.3) is 6.08 Å². The Morgan fingerprint density at radius 2 is 1.79 bits per heavy atom. The SMILES string of the molecule is CCOc1cc(/C=C2/SC(=S)N(CCC(=O)OC)C2=O)ccc1OCc1cc(C)c(C)cc1C. The predicted molar refractivity (Wildman–Crippen MR) is 139 cm³/mol. The minimum Gasteiger partial charge on any atom is -0.490 e. The quantitative estimate of drug-likeness (QED) is 0.262. The number of hydrogen-bond donors (Lipinski definition) is 0. The second kappa shape index (κ2) is 11.5. The van der Waals surface area contributed by atoms with Gasteiger partial charge in [-0.25, -0.2) is 0 Å². The van der Waals surface area contributed by atoms with Gasteiger partial charge in [0, 0.05) is 6.54 Å². The highest BCUT2D eigenvalue weighted by Gasteiger charge is 2.32. The first-order valence-corrected chi connectivity index (χ1v) is 12.2. The van der Waals surface area contributed by atoms with Crippen molar-refractivity contribution >= 4 is 46.3 Å². The van der Waals surface area contributed by atoms with Gasteiger partial charge in [0.25, 0.3) is 5.91 Å². The van der Waals surface area contributed by atoms with E-state index in [-0.39, 0.29) is 24.8 Å². The zero-order valence-corrected chi connectivity index (χ0v) is 21.7. The molecule has 0 aliphatic carbocycles. The molecule has 0 atom stereocenters. The number of nitrogens with zero attached hydrogens (tertiary/aromatic N) is 1. The summed E-state index contributed by atoms with van der Waals surface area (Å²) in [6, 6.07) is 9.91. The van der Waals surface area contributed by atoms with Crippen LogP contribution in [0.15, 0.2) is 35.2 Å². The van der Waals surface area contributed by atoms with Crippen molar-refractivity contribution < 1.29 is 23.8 Å². The van der Waals surface area contributed by atoms with E-state index in [1.54, 1.807) is 6.08 Å². The first kappa shape index (κ1) is 25.8. The van der Waals surface area contributed by atoms with E-state index in [9.17, 15) is 9.59 Å². The van der Waals surface area contributed by atoms with Crippen LogP contribution in [0.3, 0.4) is 0 Å². The molecule has 34 heavy (non-hydrogen) atoms. The molecular formula is C26H29NO5S2. The van der Waals surface area contributed by atoms with Crippen LogP contribution in [0, 0.1) is 20.8 Å². The number of hydrogen-bond acceptors (Lipinski definition) is 7. The van der Waals surface area contributed by atoms with Gasteiger partial charge in [-0.05, 0) is 73.7 Å². The summed E-state index contributed by atoms with van der Waals surface area (Å²) in [6.07, 6.45) is 1.87. The number of esters is 1. The molecule has 1 amide bonds.